The average Bonchev–Trinajstić information content (AvgIpc) is 2.41. The fourth-order valence-electron chi connectivity index (χ4n) is 2.28. The van der Waals surface area contributed by atoms with E-state index in [9.17, 15) is 4.39 Å². The lowest BCUT2D eigenvalue weighted by molar-refractivity contribution is -0.0570. The maximum Gasteiger partial charge on any atom is 0.146 e. The van der Waals surface area contributed by atoms with E-state index in [4.69, 9.17) is 4.74 Å². The van der Waals surface area contributed by atoms with Crippen LogP contribution in [0.15, 0.2) is 18.5 Å². The molecule has 0 aliphatic heterocycles. The van der Waals surface area contributed by atoms with E-state index in [0.29, 0.717) is 12.2 Å². The highest BCUT2D eigenvalue weighted by molar-refractivity contribution is 5.21. The van der Waals surface area contributed by atoms with Crippen molar-refractivity contribution in [2.75, 3.05) is 13.2 Å². The summed E-state index contributed by atoms with van der Waals surface area (Å²) in [5.74, 6) is -0.282. The maximum atomic E-state index is 14.0. The van der Waals surface area contributed by atoms with E-state index in [1.807, 2.05) is 13.8 Å². The minimum Gasteiger partial charge on any atom is -0.374 e. The number of nitrogens with one attached hydrogen (secondary N) is 1. The van der Waals surface area contributed by atoms with Crippen molar-refractivity contribution in [3.63, 3.8) is 0 Å². The summed E-state index contributed by atoms with van der Waals surface area (Å²) in [6.07, 6.45) is 4.69. The molecule has 3 nitrogen and oxygen atoms in total. The van der Waals surface area contributed by atoms with Gasteiger partial charge in [0.1, 0.15) is 5.82 Å². The van der Waals surface area contributed by atoms with Crippen molar-refractivity contribution >= 4 is 0 Å². The summed E-state index contributed by atoms with van der Waals surface area (Å²) >= 11 is 0. The third-order valence-corrected chi connectivity index (χ3v) is 3.50. The zero-order chi connectivity index (χ0) is 14.3. The third-order valence-electron chi connectivity index (χ3n) is 3.50. The lowest BCUT2D eigenvalue weighted by Gasteiger charge is -2.37. The second-order valence-electron chi connectivity index (χ2n) is 4.88. The van der Waals surface area contributed by atoms with Gasteiger partial charge in [0.15, 0.2) is 0 Å². The molecule has 0 bridgehead atoms. The zero-order valence-electron chi connectivity index (χ0n) is 12.4. The summed E-state index contributed by atoms with van der Waals surface area (Å²) in [4.78, 5) is 3.82. The Balaban J connectivity index is 3.09. The third kappa shape index (κ3) is 3.98. The zero-order valence-corrected chi connectivity index (χ0v) is 12.4. The number of rotatable bonds is 8. The van der Waals surface area contributed by atoms with Crippen LogP contribution in [0, 0.1) is 5.82 Å². The molecule has 108 valence electrons. The van der Waals surface area contributed by atoms with E-state index in [-0.39, 0.29) is 11.9 Å². The molecule has 2 atom stereocenters. The van der Waals surface area contributed by atoms with Crippen LogP contribution in [0.3, 0.4) is 0 Å². The van der Waals surface area contributed by atoms with Gasteiger partial charge in [0.2, 0.25) is 0 Å². The van der Waals surface area contributed by atoms with Crippen LogP contribution in [0.25, 0.3) is 0 Å². The Morgan fingerprint density at radius 1 is 1.42 bits per heavy atom. The highest BCUT2D eigenvalue weighted by Crippen LogP contribution is 2.33. The molecule has 0 saturated carbocycles. The monoisotopic (exact) mass is 268 g/mol. The average molecular weight is 268 g/mol. The highest BCUT2D eigenvalue weighted by Gasteiger charge is 2.35. The SMILES string of the molecule is CCCNC(c1ccncc1F)C(C)(CC)OCC. The molecule has 2 unspecified atom stereocenters. The van der Waals surface area contributed by atoms with Gasteiger partial charge in [0, 0.05) is 18.4 Å². The fourth-order valence-corrected chi connectivity index (χ4v) is 2.28. The van der Waals surface area contributed by atoms with Crippen LogP contribution in [0.1, 0.15) is 52.1 Å². The first kappa shape index (κ1) is 16.1. The van der Waals surface area contributed by atoms with Gasteiger partial charge >= 0.3 is 0 Å². The van der Waals surface area contributed by atoms with Crippen LogP contribution in [-0.2, 0) is 4.74 Å². The number of hydrogen-bond acceptors (Lipinski definition) is 3. The minimum atomic E-state index is -0.424. The van der Waals surface area contributed by atoms with Crippen molar-refractivity contribution < 1.29 is 9.13 Å². The highest BCUT2D eigenvalue weighted by atomic mass is 19.1. The quantitative estimate of drug-likeness (QED) is 0.784. The van der Waals surface area contributed by atoms with Gasteiger partial charge in [-0.25, -0.2) is 4.39 Å². The van der Waals surface area contributed by atoms with Gasteiger partial charge in [-0.15, -0.1) is 0 Å². The first-order valence-corrected chi connectivity index (χ1v) is 7.05. The lowest BCUT2D eigenvalue weighted by Crippen LogP contribution is -2.44. The maximum absolute atomic E-state index is 14.0. The van der Waals surface area contributed by atoms with Crippen LogP contribution in [0.5, 0.6) is 0 Å². The molecule has 19 heavy (non-hydrogen) atoms. The molecular formula is C15H25FN2O. The van der Waals surface area contributed by atoms with E-state index in [0.717, 1.165) is 19.4 Å². The normalized spacial score (nSPS) is 16.1. The van der Waals surface area contributed by atoms with Crippen LogP contribution in [0.2, 0.25) is 0 Å². The molecule has 1 heterocycles. The molecule has 0 fully saturated rings. The summed E-state index contributed by atoms with van der Waals surface area (Å²) in [6, 6.07) is 1.57. The minimum absolute atomic E-state index is 0.166. The van der Waals surface area contributed by atoms with Crippen molar-refractivity contribution in [3.8, 4) is 0 Å². The molecule has 1 rings (SSSR count). The lowest BCUT2D eigenvalue weighted by atomic mass is 9.87. The molecule has 0 radical (unpaired) electrons. The Hall–Kier alpha value is -1.00. The first-order chi connectivity index (χ1) is 9.09. The predicted molar refractivity (Wildman–Crippen MR) is 75.6 cm³/mol. The Labute approximate surface area is 115 Å². The number of halogens is 1. The Morgan fingerprint density at radius 2 is 2.16 bits per heavy atom. The van der Waals surface area contributed by atoms with E-state index in [2.05, 4.69) is 24.1 Å². The van der Waals surface area contributed by atoms with Gasteiger partial charge in [-0.3, -0.25) is 4.98 Å². The predicted octanol–water partition coefficient (Wildman–Crippen LogP) is 3.47. The molecular weight excluding hydrogens is 243 g/mol. The van der Waals surface area contributed by atoms with Crippen molar-refractivity contribution in [3.05, 3.63) is 29.8 Å². The summed E-state index contributed by atoms with van der Waals surface area (Å²) < 4.78 is 19.9. The smallest absolute Gasteiger partial charge is 0.146 e. The van der Waals surface area contributed by atoms with E-state index in [1.54, 1.807) is 12.3 Å². The number of ether oxygens (including phenoxy) is 1. The number of pyridine rings is 1. The van der Waals surface area contributed by atoms with E-state index in [1.165, 1.54) is 6.20 Å². The number of nitrogens with zero attached hydrogens (tertiary/aromatic N) is 1. The Kier molecular flexibility index (Phi) is 6.38. The largest absolute Gasteiger partial charge is 0.374 e. The van der Waals surface area contributed by atoms with Gasteiger partial charge in [-0.05, 0) is 39.3 Å². The summed E-state index contributed by atoms with van der Waals surface area (Å²) in [5.41, 5.74) is 0.202. The Morgan fingerprint density at radius 3 is 2.68 bits per heavy atom. The number of aromatic nitrogens is 1. The van der Waals surface area contributed by atoms with Gasteiger partial charge in [-0.1, -0.05) is 13.8 Å². The van der Waals surface area contributed by atoms with E-state index >= 15 is 0 Å². The van der Waals surface area contributed by atoms with Gasteiger partial charge < -0.3 is 10.1 Å². The van der Waals surface area contributed by atoms with Crippen LogP contribution < -0.4 is 5.32 Å². The fraction of sp³-hybridized carbons (Fsp3) is 0.667. The Bertz CT molecular complexity index is 386. The van der Waals surface area contributed by atoms with Gasteiger partial charge in [0.05, 0.1) is 17.8 Å². The standard InChI is InChI=1S/C15H25FN2O/c1-5-9-18-14(15(4,6-2)19-7-3)12-8-10-17-11-13(12)16/h8,10-11,14,18H,5-7,9H2,1-4H3. The van der Waals surface area contributed by atoms with Crippen LogP contribution in [-0.4, -0.2) is 23.7 Å². The molecule has 1 aromatic rings. The second kappa shape index (κ2) is 7.56. The molecule has 4 heteroatoms. The molecule has 0 aliphatic rings. The topological polar surface area (TPSA) is 34.2 Å². The molecule has 0 amide bonds. The van der Waals surface area contributed by atoms with Crippen molar-refractivity contribution in [2.24, 2.45) is 0 Å². The van der Waals surface area contributed by atoms with Crippen LogP contribution >= 0.6 is 0 Å². The van der Waals surface area contributed by atoms with Crippen LogP contribution in [0.4, 0.5) is 4.39 Å². The molecule has 0 spiro atoms. The summed E-state index contributed by atoms with van der Waals surface area (Å²) in [5, 5.41) is 3.41. The van der Waals surface area contributed by atoms with Crippen molar-refractivity contribution in [2.45, 2.75) is 52.2 Å². The van der Waals surface area contributed by atoms with Crippen molar-refractivity contribution in [1.29, 1.82) is 0 Å². The molecule has 1 N–H and O–H groups in total. The van der Waals surface area contributed by atoms with Gasteiger partial charge in [0.25, 0.3) is 0 Å². The molecule has 1 aromatic heterocycles. The molecule has 0 aromatic carbocycles. The summed E-state index contributed by atoms with van der Waals surface area (Å²) in [6.45, 7) is 9.60. The van der Waals surface area contributed by atoms with E-state index < -0.39 is 5.60 Å². The van der Waals surface area contributed by atoms with Gasteiger partial charge in [-0.2, -0.15) is 0 Å². The summed E-state index contributed by atoms with van der Waals surface area (Å²) in [7, 11) is 0. The molecule has 0 aliphatic carbocycles. The first-order valence-electron chi connectivity index (χ1n) is 7.05. The van der Waals surface area contributed by atoms with Crippen molar-refractivity contribution in [1.82, 2.24) is 10.3 Å². The second-order valence-corrected chi connectivity index (χ2v) is 4.88. The molecule has 0 saturated heterocycles. The number of hydrogen-bond donors (Lipinski definition) is 1.